The van der Waals surface area contributed by atoms with Crippen LogP contribution >= 0.6 is 11.8 Å². The molecule has 0 bridgehead atoms. The SMILES string of the molecule is COC(=O)c1cc(SC(C)(C)N=O)cc(C(=O)OC)c1. The van der Waals surface area contributed by atoms with Crippen LogP contribution in [-0.2, 0) is 9.47 Å². The highest BCUT2D eigenvalue weighted by atomic mass is 32.2. The number of nitrogens with zero attached hydrogens (tertiary/aromatic N) is 1. The minimum absolute atomic E-state index is 0.208. The van der Waals surface area contributed by atoms with Crippen LogP contribution in [0, 0.1) is 4.91 Å². The number of hydrogen-bond donors (Lipinski definition) is 0. The van der Waals surface area contributed by atoms with E-state index in [2.05, 4.69) is 14.7 Å². The molecule has 0 aliphatic rings. The maximum atomic E-state index is 11.6. The molecule has 20 heavy (non-hydrogen) atoms. The normalized spacial score (nSPS) is 10.8. The smallest absolute Gasteiger partial charge is 0.337 e. The molecule has 1 rings (SSSR count). The van der Waals surface area contributed by atoms with Crippen molar-refractivity contribution in [3.8, 4) is 0 Å². The van der Waals surface area contributed by atoms with Crippen molar-refractivity contribution in [1.82, 2.24) is 0 Å². The Hall–Kier alpha value is -1.89. The minimum Gasteiger partial charge on any atom is -0.465 e. The third kappa shape index (κ3) is 4.06. The van der Waals surface area contributed by atoms with Crippen molar-refractivity contribution in [2.75, 3.05) is 14.2 Å². The van der Waals surface area contributed by atoms with Gasteiger partial charge in [0.1, 0.15) is 4.87 Å². The van der Waals surface area contributed by atoms with Gasteiger partial charge in [-0.05, 0) is 32.0 Å². The first-order valence-corrected chi connectivity index (χ1v) is 6.50. The van der Waals surface area contributed by atoms with Crippen molar-refractivity contribution >= 4 is 23.7 Å². The number of benzene rings is 1. The Kier molecular flexibility index (Phi) is 5.26. The van der Waals surface area contributed by atoms with Crippen LogP contribution in [0.5, 0.6) is 0 Å². The highest BCUT2D eigenvalue weighted by Gasteiger charge is 2.22. The van der Waals surface area contributed by atoms with Gasteiger partial charge in [0, 0.05) is 4.90 Å². The van der Waals surface area contributed by atoms with E-state index in [0.717, 1.165) is 11.8 Å². The van der Waals surface area contributed by atoms with Crippen LogP contribution in [0.3, 0.4) is 0 Å². The summed E-state index contributed by atoms with van der Waals surface area (Å²) >= 11 is 1.14. The second-order valence-electron chi connectivity index (χ2n) is 4.37. The van der Waals surface area contributed by atoms with E-state index >= 15 is 0 Å². The molecule has 0 heterocycles. The number of methoxy groups -OCH3 is 2. The lowest BCUT2D eigenvalue weighted by Gasteiger charge is -2.15. The quantitative estimate of drug-likeness (QED) is 0.472. The van der Waals surface area contributed by atoms with Gasteiger partial charge in [-0.25, -0.2) is 9.59 Å². The molecule has 0 fully saturated rings. The number of rotatable bonds is 5. The molecule has 108 valence electrons. The average Bonchev–Trinajstić information content (AvgIpc) is 2.44. The number of carbonyl (C=O) groups excluding carboxylic acids is 2. The van der Waals surface area contributed by atoms with E-state index in [1.807, 2.05) is 0 Å². The van der Waals surface area contributed by atoms with Gasteiger partial charge in [0.2, 0.25) is 0 Å². The molecule has 0 unspecified atom stereocenters. The van der Waals surface area contributed by atoms with Crippen molar-refractivity contribution in [1.29, 1.82) is 0 Å². The molecule has 0 saturated heterocycles. The zero-order valence-electron chi connectivity index (χ0n) is 11.6. The molecule has 7 heteroatoms. The van der Waals surface area contributed by atoms with E-state index in [1.165, 1.54) is 32.4 Å². The molecule has 0 amide bonds. The van der Waals surface area contributed by atoms with Gasteiger partial charge in [-0.1, -0.05) is 16.9 Å². The van der Waals surface area contributed by atoms with Gasteiger partial charge in [-0.15, -0.1) is 4.91 Å². The molecule has 0 atom stereocenters. The highest BCUT2D eigenvalue weighted by molar-refractivity contribution is 8.00. The monoisotopic (exact) mass is 297 g/mol. The number of nitroso groups, excluding NO2 is 1. The van der Waals surface area contributed by atoms with Gasteiger partial charge in [-0.3, -0.25) is 0 Å². The zero-order chi connectivity index (χ0) is 15.3. The summed E-state index contributed by atoms with van der Waals surface area (Å²) in [6.07, 6.45) is 0. The third-order valence-electron chi connectivity index (χ3n) is 2.34. The van der Waals surface area contributed by atoms with Crippen molar-refractivity contribution in [3.05, 3.63) is 34.2 Å². The minimum atomic E-state index is -0.915. The molecular weight excluding hydrogens is 282 g/mol. The largest absolute Gasteiger partial charge is 0.465 e. The molecular formula is C13H15NO5S. The highest BCUT2D eigenvalue weighted by Crippen LogP contribution is 2.34. The molecule has 0 aromatic heterocycles. The van der Waals surface area contributed by atoms with Gasteiger partial charge >= 0.3 is 11.9 Å². The Balaban J connectivity index is 3.26. The Labute approximate surface area is 120 Å². The summed E-state index contributed by atoms with van der Waals surface area (Å²) in [6, 6.07) is 4.45. The van der Waals surface area contributed by atoms with E-state index in [1.54, 1.807) is 13.8 Å². The second kappa shape index (κ2) is 6.51. The van der Waals surface area contributed by atoms with Crippen LogP contribution in [0.25, 0.3) is 0 Å². The van der Waals surface area contributed by atoms with Crippen LogP contribution in [0.15, 0.2) is 28.3 Å². The first-order chi connectivity index (χ1) is 9.32. The average molecular weight is 297 g/mol. The maximum absolute atomic E-state index is 11.6. The topological polar surface area (TPSA) is 82.0 Å². The standard InChI is InChI=1S/C13H15NO5S/c1-13(2,14-17)20-10-6-8(11(15)18-3)5-9(7-10)12(16)19-4/h5-7H,1-4H3. The van der Waals surface area contributed by atoms with Crippen LogP contribution in [-0.4, -0.2) is 31.0 Å². The van der Waals surface area contributed by atoms with Gasteiger partial charge in [0.15, 0.2) is 0 Å². The van der Waals surface area contributed by atoms with Crippen LogP contribution in [0.4, 0.5) is 0 Å². The number of thioether (sulfide) groups is 1. The maximum Gasteiger partial charge on any atom is 0.337 e. The predicted octanol–water partition coefficient (Wildman–Crippen LogP) is 2.85. The van der Waals surface area contributed by atoms with Gasteiger partial charge in [-0.2, -0.15) is 0 Å². The molecule has 0 saturated carbocycles. The number of esters is 2. The van der Waals surface area contributed by atoms with Crippen molar-refractivity contribution in [2.45, 2.75) is 23.6 Å². The summed E-state index contributed by atoms with van der Waals surface area (Å²) in [4.78, 5) is 33.6. The first-order valence-electron chi connectivity index (χ1n) is 5.68. The molecule has 0 N–H and O–H groups in total. The number of ether oxygens (including phenoxy) is 2. The van der Waals surface area contributed by atoms with Gasteiger partial charge in [0.25, 0.3) is 0 Å². The van der Waals surface area contributed by atoms with E-state index in [0.29, 0.717) is 4.90 Å². The Morgan fingerprint density at radius 1 is 1.05 bits per heavy atom. The lowest BCUT2D eigenvalue weighted by atomic mass is 10.1. The number of carbonyl (C=O) groups is 2. The fourth-order valence-electron chi connectivity index (χ4n) is 1.44. The van der Waals surface area contributed by atoms with Crippen LogP contribution < -0.4 is 0 Å². The molecule has 1 aromatic rings. The lowest BCUT2D eigenvalue weighted by molar-refractivity contribution is 0.0598. The molecule has 0 radical (unpaired) electrons. The van der Waals surface area contributed by atoms with Crippen LogP contribution in [0.1, 0.15) is 34.6 Å². The number of hydrogen-bond acceptors (Lipinski definition) is 7. The van der Waals surface area contributed by atoms with Crippen molar-refractivity contribution < 1.29 is 19.1 Å². The molecule has 0 aliphatic heterocycles. The van der Waals surface area contributed by atoms with Gasteiger partial charge in [0.05, 0.1) is 25.3 Å². The Bertz CT molecular complexity index is 507. The fourth-order valence-corrected chi connectivity index (χ4v) is 2.42. The van der Waals surface area contributed by atoms with Crippen LogP contribution in [0.2, 0.25) is 0 Å². The van der Waals surface area contributed by atoms with E-state index in [-0.39, 0.29) is 11.1 Å². The molecule has 6 nitrogen and oxygen atoms in total. The molecule has 1 aromatic carbocycles. The second-order valence-corrected chi connectivity index (χ2v) is 6.04. The summed E-state index contributed by atoms with van der Waals surface area (Å²) in [5.41, 5.74) is 0.416. The fraction of sp³-hybridized carbons (Fsp3) is 0.385. The predicted molar refractivity (Wildman–Crippen MR) is 74.9 cm³/mol. The van der Waals surface area contributed by atoms with Gasteiger partial charge < -0.3 is 9.47 Å². The first kappa shape index (κ1) is 16.2. The Morgan fingerprint density at radius 2 is 1.50 bits per heavy atom. The van der Waals surface area contributed by atoms with E-state index in [9.17, 15) is 14.5 Å². The summed E-state index contributed by atoms with van der Waals surface area (Å²) in [5.74, 6) is -1.15. The van der Waals surface area contributed by atoms with Crippen molar-refractivity contribution in [2.24, 2.45) is 5.18 Å². The summed E-state index contributed by atoms with van der Waals surface area (Å²) in [6.45, 7) is 3.26. The van der Waals surface area contributed by atoms with E-state index in [4.69, 9.17) is 0 Å². The summed E-state index contributed by atoms with van der Waals surface area (Å²) in [7, 11) is 2.49. The zero-order valence-corrected chi connectivity index (χ0v) is 12.4. The molecule has 0 spiro atoms. The molecule has 0 aliphatic carbocycles. The third-order valence-corrected chi connectivity index (χ3v) is 3.38. The lowest BCUT2D eigenvalue weighted by Crippen LogP contribution is -2.11. The Morgan fingerprint density at radius 3 is 1.85 bits per heavy atom. The summed E-state index contributed by atoms with van der Waals surface area (Å²) in [5, 5.41) is 2.99. The van der Waals surface area contributed by atoms with Crippen molar-refractivity contribution in [3.63, 3.8) is 0 Å². The van der Waals surface area contributed by atoms with E-state index < -0.39 is 16.8 Å². The summed E-state index contributed by atoms with van der Waals surface area (Å²) < 4.78 is 9.26.